The summed E-state index contributed by atoms with van der Waals surface area (Å²) in [6, 6.07) is 6.88. The fourth-order valence-electron chi connectivity index (χ4n) is 5.75. The van der Waals surface area contributed by atoms with Crippen molar-refractivity contribution in [1.82, 2.24) is 9.88 Å². The van der Waals surface area contributed by atoms with Crippen LogP contribution in [0.1, 0.15) is 61.8 Å². The monoisotopic (exact) mass is 441 g/mol. The van der Waals surface area contributed by atoms with Gasteiger partial charge in [0.2, 0.25) is 0 Å². The number of aryl methyl sites for hydroxylation is 1. The number of hydrogen-bond acceptors (Lipinski definition) is 4. The molecular weight excluding hydrogens is 417 g/mol. The second kappa shape index (κ2) is 7.20. The zero-order valence-corrected chi connectivity index (χ0v) is 19.0. The molecule has 5 nitrogen and oxygen atoms in total. The number of carbonyl (C=O) groups is 1. The van der Waals surface area contributed by atoms with Gasteiger partial charge in [0.15, 0.2) is 0 Å². The minimum atomic E-state index is -0.397. The number of halogens is 2. The fourth-order valence-corrected chi connectivity index (χ4v) is 5.96. The molecule has 0 N–H and O–H groups in total. The number of rotatable bonds is 4. The van der Waals surface area contributed by atoms with Crippen LogP contribution in [-0.2, 0) is 13.0 Å². The molecule has 1 aromatic heterocycles. The molecule has 0 saturated heterocycles. The zero-order valence-electron chi connectivity index (χ0n) is 18.3. The van der Waals surface area contributed by atoms with Crippen LogP contribution in [0.3, 0.4) is 0 Å². The lowest BCUT2D eigenvalue weighted by atomic mass is 9.49. The van der Waals surface area contributed by atoms with Gasteiger partial charge < -0.3 is 9.64 Å². The predicted octanol–water partition coefficient (Wildman–Crippen LogP) is 5.15. The Morgan fingerprint density at radius 3 is 2.58 bits per heavy atom. The molecule has 1 aliphatic carbocycles. The average Bonchev–Trinajstić information content (AvgIpc) is 3.03. The number of benzene rings is 1. The van der Waals surface area contributed by atoms with E-state index in [9.17, 15) is 9.18 Å². The second-order valence-corrected chi connectivity index (χ2v) is 9.92. The standard InChI is InChI=1S/C24H25ClFN3O2/c1-6-13-11-28-19-16(18(13)26)12-29(20(19)30)21-23(2,3)22(24(21,4)5)31-15-8-7-14(10-27)17(25)9-15/h7-9,11,21-22H,6,12H2,1-5H3. The van der Waals surface area contributed by atoms with Crippen molar-refractivity contribution < 1.29 is 13.9 Å². The Morgan fingerprint density at radius 1 is 1.32 bits per heavy atom. The highest BCUT2D eigenvalue weighted by atomic mass is 35.5. The van der Waals surface area contributed by atoms with Crippen LogP contribution in [0.15, 0.2) is 24.4 Å². The van der Waals surface area contributed by atoms with E-state index in [4.69, 9.17) is 21.6 Å². The molecule has 4 rings (SSSR count). The maximum Gasteiger partial charge on any atom is 0.273 e. The summed E-state index contributed by atoms with van der Waals surface area (Å²) in [4.78, 5) is 19.2. The molecule has 0 bridgehead atoms. The van der Waals surface area contributed by atoms with Gasteiger partial charge in [-0.3, -0.25) is 9.78 Å². The van der Waals surface area contributed by atoms with Gasteiger partial charge in [0.05, 0.1) is 17.1 Å². The van der Waals surface area contributed by atoms with Gasteiger partial charge in [0, 0.05) is 40.3 Å². The van der Waals surface area contributed by atoms with Gasteiger partial charge in [-0.1, -0.05) is 46.2 Å². The Labute approximate surface area is 186 Å². The van der Waals surface area contributed by atoms with Gasteiger partial charge in [0.25, 0.3) is 5.91 Å². The molecule has 1 aromatic carbocycles. The molecule has 1 fully saturated rings. The van der Waals surface area contributed by atoms with Crippen molar-refractivity contribution >= 4 is 17.5 Å². The van der Waals surface area contributed by atoms with Gasteiger partial charge in [-0.15, -0.1) is 0 Å². The van der Waals surface area contributed by atoms with Crippen LogP contribution in [0, 0.1) is 28.0 Å². The van der Waals surface area contributed by atoms with E-state index >= 15 is 0 Å². The Bertz CT molecular complexity index is 1110. The first kappa shape index (κ1) is 21.6. The largest absolute Gasteiger partial charge is 0.489 e. The number of hydrogen-bond donors (Lipinski definition) is 0. The Morgan fingerprint density at radius 2 is 2.00 bits per heavy atom. The van der Waals surface area contributed by atoms with Crippen molar-refractivity contribution in [3.05, 3.63) is 57.6 Å². The summed E-state index contributed by atoms with van der Waals surface area (Å²) in [5, 5.41) is 9.42. The average molecular weight is 442 g/mol. The highest BCUT2D eigenvalue weighted by Crippen LogP contribution is 2.59. The number of amides is 1. The predicted molar refractivity (Wildman–Crippen MR) is 115 cm³/mol. The number of nitriles is 1. The summed E-state index contributed by atoms with van der Waals surface area (Å²) in [5.41, 5.74) is 0.723. The summed E-state index contributed by atoms with van der Waals surface area (Å²) in [6.45, 7) is 10.3. The van der Waals surface area contributed by atoms with E-state index in [1.165, 1.54) is 6.20 Å². The summed E-state index contributed by atoms with van der Waals surface area (Å²) in [5.74, 6) is 0.0193. The lowest BCUT2D eigenvalue weighted by Crippen LogP contribution is -2.74. The van der Waals surface area contributed by atoms with E-state index in [-0.39, 0.29) is 36.1 Å². The fraction of sp³-hybridized carbons (Fsp3) is 0.458. The minimum Gasteiger partial charge on any atom is -0.489 e. The van der Waals surface area contributed by atoms with Crippen LogP contribution in [0.25, 0.3) is 0 Å². The van der Waals surface area contributed by atoms with Crippen LogP contribution < -0.4 is 4.74 Å². The van der Waals surface area contributed by atoms with Gasteiger partial charge in [0.1, 0.15) is 29.4 Å². The van der Waals surface area contributed by atoms with E-state index in [1.54, 1.807) is 23.1 Å². The molecule has 2 aromatic rings. The third kappa shape index (κ3) is 3.10. The molecule has 0 radical (unpaired) electrons. The zero-order chi connectivity index (χ0) is 22.7. The summed E-state index contributed by atoms with van der Waals surface area (Å²) in [7, 11) is 0. The molecular formula is C24H25ClFN3O2. The van der Waals surface area contributed by atoms with Crippen LogP contribution in [-0.4, -0.2) is 27.9 Å². The molecule has 1 saturated carbocycles. The third-order valence-corrected chi connectivity index (χ3v) is 7.06. The van der Waals surface area contributed by atoms with Crippen molar-refractivity contribution in [2.75, 3.05) is 0 Å². The third-order valence-electron chi connectivity index (χ3n) is 6.74. The van der Waals surface area contributed by atoms with Gasteiger partial charge in [-0.05, 0) is 18.6 Å². The number of aromatic nitrogens is 1. The van der Waals surface area contributed by atoms with E-state index in [0.29, 0.717) is 33.9 Å². The van der Waals surface area contributed by atoms with Gasteiger partial charge in [-0.2, -0.15) is 5.26 Å². The van der Waals surface area contributed by atoms with Crippen molar-refractivity contribution in [3.8, 4) is 11.8 Å². The number of carbonyl (C=O) groups excluding carboxylic acids is 1. The summed E-state index contributed by atoms with van der Waals surface area (Å²) in [6.07, 6.45) is 1.78. The highest BCUT2D eigenvalue weighted by Gasteiger charge is 2.67. The SMILES string of the molecule is CCc1cnc2c(c1F)CN(C1C(C)(C)C(Oc3ccc(C#N)c(Cl)c3)C1(C)C)C2=O. The van der Waals surface area contributed by atoms with E-state index in [2.05, 4.69) is 32.7 Å². The summed E-state index contributed by atoms with van der Waals surface area (Å²) < 4.78 is 21.2. The highest BCUT2D eigenvalue weighted by molar-refractivity contribution is 6.31. The van der Waals surface area contributed by atoms with Crippen LogP contribution >= 0.6 is 11.6 Å². The lowest BCUT2D eigenvalue weighted by molar-refractivity contribution is -0.199. The normalized spacial score (nSPS) is 23.2. The van der Waals surface area contributed by atoms with Gasteiger partial charge in [-0.25, -0.2) is 4.39 Å². The van der Waals surface area contributed by atoms with E-state index < -0.39 is 10.8 Å². The van der Waals surface area contributed by atoms with Crippen LogP contribution in [0.5, 0.6) is 5.75 Å². The smallest absolute Gasteiger partial charge is 0.273 e. The molecule has 1 amide bonds. The molecule has 0 unspecified atom stereocenters. The lowest BCUT2D eigenvalue weighted by Gasteiger charge is -2.65. The van der Waals surface area contributed by atoms with Crippen LogP contribution in [0.4, 0.5) is 4.39 Å². The minimum absolute atomic E-state index is 0.162. The number of fused-ring (bicyclic) bond motifs is 1. The maximum atomic E-state index is 14.9. The van der Waals surface area contributed by atoms with Crippen molar-refractivity contribution in [2.45, 2.75) is 59.7 Å². The molecule has 31 heavy (non-hydrogen) atoms. The first-order chi connectivity index (χ1) is 14.5. The molecule has 0 spiro atoms. The molecule has 2 heterocycles. The Balaban J connectivity index is 1.61. The van der Waals surface area contributed by atoms with Crippen molar-refractivity contribution in [2.24, 2.45) is 10.8 Å². The number of nitrogens with zero attached hydrogens (tertiary/aromatic N) is 3. The molecule has 162 valence electrons. The molecule has 2 aliphatic rings. The first-order valence-corrected chi connectivity index (χ1v) is 10.7. The first-order valence-electron chi connectivity index (χ1n) is 10.4. The Kier molecular flexibility index (Phi) is 5.01. The molecule has 1 aliphatic heterocycles. The topological polar surface area (TPSA) is 66.2 Å². The van der Waals surface area contributed by atoms with Crippen LogP contribution in [0.2, 0.25) is 5.02 Å². The quantitative estimate of drug-likeness (QED) is 0.658. The second-order valence-electron chi connectivity index (χ2n) is 9.51. The van der Waals surface area contributed by atoms with E-state index in [0.717, 1.165) is 0 Å². The van der Waals surface area contributed by atoms with Crippen molar-refractivity contribution in [1.29, 1.82) is 5.26 Å². The number of pyridine rings is 1. The summed E-state index contributed by atoms with van der Waals surface area (Å²) >= 11 is 6.16. The maximum absolute atomic E-state index is 14.9. The number of ether oxygens (including phenoxy) is 1. The molecule has 7 heteroatoms. The van der Waals surface area contributed by atoms with E-state index in [1.807, 2.05) is 13.0 Å². The van der Waals surface area contributed by atoms with Crippen molar-refractivity contribution in [3.63, 3.8) is 0 Å². The van der Waals surface area contributed by atoms with Gasteiger partial charge >= 0.3 is 0 Å². The Hall–Kier alpha value is -2.65. The molecule has 0 atom stereocenters.